The fourth-order valence-corrected chi connectivity index (χ4v) is 0.314. The van der Waals surface area contributed by atoms with Crippen molar-refractivity contribution in [1.29, 1.82) is 0 Å². The molecule has 0 saturated heterocycles. The third-order valence-corrected chi connectivity index (χ3v) is 1.11. The Morgan fingerprint density at radius 2 is 2.50 bits per heavy atom. The third-order valence-electron chi connectivity index (χ3n) is 0.538. The summed E-state index contributed by atoms with van der Waals surface area (Å²) in [7, 11) is 0. The maximum Gasteiger partial charge on any atom is 0.257 e. The van der Waals surface area contributed by atoms with Crippen molar-refractivity contribution in [2.75, 3.05) is 6.73 Å². The van der Waals surface area contributed by atoms with Crippen molar-refractivity contribution in [3.63, 3.8) is 0 Å². The number of carbonyl (C=O) groups excluding carboxylic acids is 1. The monoisotopic (exact) mass is 179 g/mol. The van der Waals surface area contributed by atoms with Gasteiger partial charge in [-0.25, -0.2) is 0 Å². The van der Waals surface area contributed by atoms with Gasteiger partial charge in [-0.1, -0.05) is 6.58 Å². The van der Waals surface area contributed by atoms with Gasteiger partial charge in [0.15, 0.2) is 0 Å². The van der Waals surface area contributed by atoms with E-state index in [2.05, 4.69) is 22.7 Å². The summed E-state index contributed by atoms with van der Waals surface area (Å²) >= 11 is 2.76. The van der Waals surface area contributed by atoms with E-state index in [4.69, 9.17) is 5.11 Å². The normalized spacial score (nSPS) is 8.25. The Morgan fingerprint density at radius 3 is 2.62 bits per heavy atom. The van der Waals surface area contributed by atoms with E-state index in [1.165, 1.54) is 0 Å². The molecule has 0 saturated carbocycles. The van der Waals surface area contributed by atoms with Crippen LogP contribution >= 0.6 is 16.1 Å². The summed E-state index contributed by atoms with van der Waals surface area (Å²) in [6.45, 7) is 2.85. The van der Waals surface area contributed by atoms with Gasteiger partial charge in [0.05, 0.1) is 16.1 Å². The summed E-state index contributed by atoms with van der Waals surface area (Å²) in [6.07, 6.45) is 1.10. The van der Waals surface area contributed by atoms with E-state index in [0.29, 0.717) is 0 Å². The molecule has 1 N–H and O–H groups in total. The van der Waals surface area contributed by atoms with E-state index < -0.39 is 0 Å². The van der Waals surface area contributed by atoms with Crippen LogP contribution in [0.2, 0.25) is 0 Å². The Bertz CT molecular complexity index is 104. The molecule has 0 bridgehead atoms. The minimum Gasteiger partial charge on any atom is -0.375 e. The molecule has 46 valence electrons. The molecule has 0 spiro atoms. The number of hydrogen-bond acceptors (Lipinski definition) is 2. The van der Waals surface area contributed by atoms with Crippen molar-refractivity contribution >= 4 is 22.1 Å². The maximum absolute atomic E-state index is 10.3. The zero-order valence-corrected chi connectivity index (χ0v) is 5.76. The summed E-state index contributed by atoms with van der Waals surface area (Å²) in [5, 5.41) is 8.25. The first kappa shape index (κ1) is 7.65. The lowest BCUT2D eigenvalue weighted by atomic mass is 10.6. The molecule has 0 aliphatic carbocycles. The topological polar surface area (TPSA) is 40.5 Å². The second kappa shape index (κ2) is 3.63. The molecule has 0 rings (SSSR count). The number of amides is 1. The summed E-state index contributed by atoms with van der Waals surface area (Å²) in [5.74, 6) is -0.354. The minimum atomic E-state index is -0.354. The highest BCUT2D eigenvalue weighted by atomic mass is 79.9. The van der Waals surface area contributed by atoms with Crippen LogP contribution in [-0.2, 0) is 4.79 Å². The highest BCUT2D eigenvalue weighted by molar-refractivity contribution is 9.07. The maximum atomic E-state index is 10.3. The molecule has 0 atom stereocenters. The Morgan fingerprint density at radius 1 is 2.00 bits per heavy atom. The van der Waals surface area contributed by atoms with Crippen LogP contribution in [0.15, 0.2) is 12.7 Å². The van der Waals surface area contributed by atoms with E-state index in [9.17, 15) is 4.79 Å². The average Bonchev–Trinajstić information content (AvgIpc) is 1.84. The SMILES string of the molecule is C=CC(=O)N(Br)CO. The van der Waals surface area contributed by atoms with Gasteiger partial charge in [-0.15, -0.1) is 0 Å². The van der Waals surface area contributed by atoms with Crippen LogP contribution in [0.3, 0.4) is 0 Å². The molecule has 0 aromatic rings. The first-order valence-corrected chi connectivity index (χ1v) is 2.64. The Balaban J connectivity index is 3.62. The van der Waals surface area contributed by atoms with Gasteiger partial charge in [0.1, 0.15) is 6.73 Å². The zero-order chi connectivity index (χ0) is 6.57. The molecule has 0 heterocycles. The lowest BCUT2D eigenvalue weighted by molar-refractivity contribution is -0.122. The molecule has 4 heteroatoms. The van der Waals surface area contributed by atoms with E-state index in [1.54, 1.807) is 0 Å². The van der Waals surface area contributed by atoms with Crippen molar-refractivity contribution < 1.29 is 9.90 Å². The largest absolute Gasteiger partial charge is 0.375 e. The lowest BCUT2D eigenvalue weighted by Crippen LogP contribution is -2.18. The molecule has 1 amide bonds. The fourth-order valence-electron chi connectivity index (χ4n) is 0.169. The van der Waals surface area contributed by atoms with Gasteiger partial charge in [0.25, 0.3) is 5.91 Å². The molecule has 0 fully saturated rings. The Labute approximate surface area is 55.9 Å². The predicted molar refractivity (Wildman–Crippen MR) is 33.1 cm³/mol. The fraction of sp³-hybridized carbons (Fsp3) is 0.250. The molecule has 3 nitrogen and oxygen atoms in total. The van der Waals surface area contributed by atoms with E-state index in [0.717, 1.165) is 10.0 Å². The summed E-state index contributed by atoms with van der Waals surface area (Å²) in [5.41, 5.74) is 0. The van der Waals surface area contributed by atoms with Crippen LogP contribution in [0.5, 0.6) is 0 Å². The molecule has 0 aliphatic heterocycles. The summed E-state index contributed by atoms with van der Waals surface area (Å²) in [4.78, 5) is 10.3. The molecule has 0 aromatic heterocycles. The van der Waals surface area contributed by atoms with Crippen LogP contribution in [0.1, 0.15) is 0 Å². The number of aliphatic hydroxyl groups excluding tert-OH is 1. The molecule has 0 radical (unpaired) electrons. The highest BCUT2D eigenvalue weighted by Gasteiger charge is 2.00. The number of carbonyl (C=O) groups is 1. The summed E-state index contributed by atoms with van der Waals surface area (Å²) in [6, 6.07) is 0. The van der Waals surface area contributed by atoms with E-state index in [1.807, 2.05) is 0 Å². The van der Waals surface area contributed by atoms with Gasteiger partial charge in [-0.3, -0.25) is 8.72 Å². The highest BCUT2D eigenvalue weighted by Crippen LogP contribution is 1.95. The molecular formula is C4H6BrNO2. The average molecular weight is 180 g/mol. The predicted octanol–water partition coefficient (Wildman–Crippen LogP) is 0.261. The van der Waals surface area contributed by atoms with E-state index >= 15 is 0 Å². The molecule has 0 unspecified atom stereocenters. The van der Waals surface area contributed by atoms with Crippen molar-refractivity contribution in [3.05, 3.63) is 12.7 Å². The number of halogens is 1. The van der Waals surface area contributed by atoms with Crippen molar-refractivity contribution in [3.8, 4) is 0 Å². The lowest BCUT2D eigenvalue weighted by Gasteiger charge is -2.04. The van der Waals surface area contributed by atoms with Crippen LogP contribution < -0.4 is 0 Å². The molecule has 8 heavy (non-hydrogen) atoms. The van der Waals surface area contributed by atoms with E-state index in [-0.39, 0.29) is 12.6 Å². The van der Waals surface area contributed by atoms with Crippen LogP contribution in [0.25, 0.3) is 0 Å². The number of hydrogen-bond donors (Lipinski definition) is 1. The standard InChI is InChI=1S/C4H6BrNO2/c1-2-4(8)6(5)3-7/h2,7H,1,3H2. The molecule has 0 aromatic carbocycles. The first-order valence-electron chi connectivity index (χ1n) is 1.93. The van der Waals surface area contributed by atoms with Gasteiger partial charge in [-0.2, -0.15) is 0 Å². The number of nitrogens with zero attached hydrogens (tertiary/aromatic N) is 1. The van der Waals surface area contributed by atoms with Gasteiger partial charge in [0.2, 0.25) is 0 Å². The molecule has 0 aliphatic rings. The second-order valence-corrected chi connectivity index (χ2v) is 1.90. The van der Waals surface area contributed by atoms with Gasteiger partial charge >= 0.3 is 0 Å². The van der Waals surface area contributed by atoms with Crippen molar-refractivity contribution in [2.45, 2.75) is 0 Å². The quantitative estimate of drug-likeness (QED) is 0.376. The summed E-state index contributed by atoms with van der Waals surface area (Å²) < 4.78 is 0.958. The van der Waals surface area contributed by atoms with Crippen molar-refractivity contribution in [1.82, 2.24) is 3.93 Å². The Hall–Kier alpha value is -0.350. The number of rotatable bonds is 2. The van der Waals surface area contributed by atoms with Crippen molar-refractivity contribution in [2.24, 2.45) is 0 Å². The zero-order valence-electron chi connectivity index (χ0n) is 4.17. The van der Waals surface area contributed by atoms with Crippen LogP contribution in [0, 0.1) is 0 Å². The minimum absolute atomic E-state index is 0.342. The first-order chi connectivity index (χ1) is 3.72. The van der Waals surface area contributed by atoms with Gasteiger partial charge < -0.3 is 5.11 Å². The van der Waals surface area contributed by atoms with Gasteiger partial charge in [-0.05, 0) is 6.08 Å². The number of aliphatic hydroxyl groups is 1. The van der Waals surface area contributed by atoms with Crippen LogP contribution in [-0.4, -0.2) is 21.7 Å². The van der Waals surface area contributed by atoms with Gasteiger partial charge in [0, 0.05) is 0 Å². The Kier molecular flexibility index (Phi) is 3.47. The molecular weight excluding hydrogens is 174 g/mol. The third kappa shape index (κ3) is 2.09. The van der Waals surface area contributed by atoms with Crippen LogP contribution in [0.4, 0.5) is 0 Å². The second-order valence-electron chi connectivity index (χ2n) is 1.05. The smallest absolute Gasteiger partial charge is 0.257 e.